The van der Waals surface area contributed by atoms with Crippen LogP contribution in [0.3, 0.4) is 0 Å². The summed E-state index contributed by atoms with van der Waals surface area (Å²) in [4.78, 5) is 0.766. The number of hydrogen-bond donors (Lipinski definition) is 0. The fraction of sp³-hybridized carbons (Fsp3) is 1.00. The first-order chi connectivity index (χ1) is 6.24. The van der Waals surface area contributed by atoms with Crippen molar-refractivity contribution in [3.05, 3.63) is 0 Å². The molecule has 0 aromatic carbocycles. The molecule has 4 rings (SSSR count). The van der Waals surface area contributed by atoms with Crippen LogP contribution in [0.1, 0.15) is 39.0 Å². The summed E-state index contributed by atoms with van der Waals surface area (Å²) in [5.74, 6) is 5.46. The van der Waals surface area contributed by atoms with E-state index in [9.17, 15) is 0 Å². The van der Waals surface area contributed by atoms with Crippen LogP contribution in [0.4, 0.5) is 0 Å². The summed E-state index contributed by atoms with van der Waals surface area (Å²) in [7, 11) is 0. The summed E-state index contributed by atoms with van der Waals surface area (Å²) in [5.41, 5.74) is 0. The maximum Gasteiger partial charge on any atom is 0.0151 e. The molecule has 0 nitrogen and oxygen atoms in total. The largest absolute Gasteiger partial charge is 0.0890 e. The summed E-state index contributed by atoms with van der Waals surface area (Å²) in [6.07, 6.45) is 7.83. The normalized spacial score (nSPS) is 55.4. The minimum atomic E-state index is 0.766. The van der Waals surface area contributed by atoms with Gasteiger partial charge in [-0.15, -0.1) is 0 Å². The molecule has 0 aromatic heterocycles. The zero-order chi connectivity index (χ0) is 9.00. The van der Waals surface area contributed by atoms with Crippen molar-refractivity contribution in [2.75, 3.05) is 0 Å². The van der Waals surface area contributed by atoms with Gasteiger partial charge in [-0.05, 0) is 61.7 Å². The Morgan fingerprint density at radius 2 is 1.38 bits per heavy atom. The monoisotopic (exact) mass is 242 g/mol. The van der Waals surface area contributed by atoms with E-state index in [0.717, 1.165) is 34.4 Å². The third-order valence-corrected chi connectivity index (χ3v) is 5.44. The van der Waals surface area contributed by atoms with Crippen molar-refractivity contribution in [2.24, 2.45) is 29.6 Å². The van der Waals surface area contributed by atoms with Gasteiger partial charge < -0.3 is 0 Å². The third kappa shape index (κ3) is 1.30. The van der Waals surface area contributed by atoms with Gasteiger partial charge in [0, 0.05) is 4.83 Å². The predicted octanol–water partition coefficient (Wildman–Crippen LogP) is 3.84. The first-order valence-corrected chi connectivity index (χ1v) is 6.79. The lowest BCUT2D eigenvalue weighted by Crippen LogP contribution is -2.47. The second-order valence-corrected chi connectivity index (χ2v) is 7.13. The van der Waals surface area contributed by atoms with Crippen molar-refractivity contribution in [3.63, 3.8) is 0 Å². The summed E-state index contributed by atoms with van der Waals surface area (Å²) < 4.78 is 0. The van der Waals surface area contributed by atoms with Gasteiger partial charge in [-0.25, -0.2) is 0 Å². The molecule has 4 saturated carbocycles. The SMILES string of the molecule is CC(Br)C1C2CC3CC(C2)CC1C3. The summed E-state index contributed by atoms with van der Waals surface area (Å²) in [6, 6.07) is 0. The maximum absolute atomic E-state index is 3.83. The molecule has 0 amide bonds. The van der Waals surface area contributed by atoms with Gasteiger partial charge in [0.05, 0.1) is 0 Å². The lowest BCUT2D eigenvalue weighted by Gasteiger charge is -2.55. The molecule has 4 bridgehead atoms. The highest BCUT2D eigenvalue weighted by Gasteiger charge is 2.49. The number of hydrogen-bond acceptors (Lipinski definition) is 0. The van der Waals surface area contributed by atoms with Gasteiger partial charge in [-0.3, -0.25) is 0 Å². The Balaban J connectivity index is 1.85. The average Bonchev–Trinajstić information content (AvgIpc) is 2.00. The van der Waals surface area contributed by atoms with Crippen molar-refractivity contribution in [2.45, 2.75) is 43.9 Å². The summed E-state index contributed by atoms with van der Waals surface area (Å²) in [5, 5.41) is 0. The molecule has 13 heavy (non-hydrogen) atoms. The van der Waals surface area contributed by atoms with Crippen LogP contribution in [0.2, 0.25) is 0 Å². The van der Waals surface area contributed by atoms with Crippen LogP contribution in [0.15, 0.2) is 0 Å². The molecule has 0 aromatic rings. The second-order valence-electron chi connectivity index (χ2n) is 5.69. The van der Waals surface area contributed by atoms with E-state index in [4.69, 9.17) is 0 Å². The molecule has 0 spiro atoms. The van der Waals surface area contributed by atoms with Crippen molar-refractivity contribution in [3.8, 4) is 0 Å². The van der Waals surface area contributed by atoms with Crippen molar-refractivity contribution < 1.29 is 0 Å². The molecular formula is C12H19Br. The maximum atomic E-state index is 3.83. The van der Waals surface area contributed by atoms with Gasteiger partial charge in [0.15, 0.2) is 0 Å². The van der Waals surface area contributed by atoms with E-state index in [1.807, 2.05) is 0 Å². The molecule has 4 aliphatic rings. The zero-order valence-corrected chi connectivity index (χ0v) is 9.96. The van der Waals surface area contributed by atoms with Gasteiger partial charge in [0.2, 0.25) is 0 Å². The number of halogens is 1. The molecule has 74 valence electrons. The van der Waals surface area contributed by atoms with Gasteiger partial charge >= 0.3 is 0 Å². The van der Waals surface area contributed by atoms with Crippen LogP contribution in [0, 0.1) is 29.6 Å². The van der Waals surface area contributed by atoms with E-state index in [1.165, 1.54) is 0 Å². The van der Waals surface area contributed by atoms with Crippen LogP contribution < -0.4 is 0 Å². The Kier molecular flexibility index (Phi) is 2.01. The highest BCUT2D eigenvalue weighted by atomic mass is 79.9. The minimum absolute atomic E-state index is 0.766. The fourth-order valence-electron chi connectivity index (χ4n) is 4.72. The Labute approximate surface area is 89.6 Å². The van der Waals surface area contributed by atoms with Gasteiger partial charge in [-0.2, -0.15) is 0 Å². The Hall–Kier alpha value is 0.480. The smallest absolute Gasteiger partial charge is 0.0151 e. The lowest BCUT2D eigenvalue weighted by molar-refractivity contribution is -0.0344. The topological polar surface area (TPSA) is 0 Å². The van der Waals surface area contributed by atoms with Gasteiger partial charge in [-0.1, -0.05) is 22.9 Å². The summed E-state index contributed by atoms with van der Waals surface area (Å²) >= 11 is 3.83. The Bertz CT molecular complexity index is 181. The molecule has 4 fully saturated rings. The highest BCUT2D eigenvalue weighted by molar-refractivity contribution is 9.09. The Morgan fingerprint density at radius 1 is 0.923 bits per heavy atom. The van der Waals surface area contributed by atoms with Crippen LogP contribution >= 0.6 is 15.9 Å². The van der Waals surface area contributed by atoms with Crippen molar-refractivity contribution in [1.82, 2.24) is 0 Å². The van der Waals surface area contributed by atoms with Crippen molar-refractivity contribution in [1.29, 1.82) is 0 Å². The molecule has 0 radical (unpaired) electrons. The molecular weight excluding hydrogens is 224 g/mol. The predicted molar refractivity (Wildman–Crippen MR) is 58.9 cm³/mol. The first kappa shape index (κ1) is 8.76. The number of alkyl halides is 1. The molecule has 0 heterocycles. The summed E-state index contributed by atoms with van der Waals surface area (Å²) in [6.45, 7) is 2.37. The molecule has 1 heteroatoms. The molecule has 0 N–H and O–H groups in total. The molecule has 1 unspecified atom stereocenters. The molecule has 0 saturated heterocycles. The molecule has 1 atom stereocenters. The highest BCUT2D eigenvalue weighted by Crippen LogP contribution is 2.58. The third-order valence-electron chi connectivity index (χ3n) is 4.83. The van der Waals surface area contributed by atoms with E-state index in [2.05, 4.69) is 22.9 Å². The lowest BCUT2D eigenvalue weighted by atomic mass is 9.51. The van der Waals surface area contributed by atoms with Crippen molar-refractivity contribution >= 4 is 15.9 Å². The van der Waals surface area contributed by atoms with Gasteiger partial charge in [0.25, 0.3) is 0 Å². The van der Waals surface area contributed by atoms with Crippen LogP contribution in [-0.2, 0) is 0 Å². The second kappa shape index (κ2) is 2.98. The first-order valence-electron chi connectivity index (χ1n) is 5.88. The zero-order valence-electron chi connectivity index (χ0n) is 8.38. The van der Waals surface area contributed by atoms with E-state index in [0.29, 0.717) is 0 Å². The van der Waals surface area contributed by atoms with Crippen LogP contribution in [0.25, 0.3) is 0 Å². The molecule has 4 aliphatic carbocycles. The molecule has 0 aliphatic heterocycles. The average molecular weight is 243 g/mol. The number of rotatable bonds is 1. The Morgan fingerprint density at radius 3 is 1.77 bits per heavy atom. The van der Waals surface area contributed by atoms with E-state index in [1.54, 1.807) is 32.1 Å². The quantitative estimate of drug-likeness (QED) is 0.614. The van der Waals surface area contributed by atoms with E-state index < -0.39 is 0 Å². The van der Waals surface area contributed by atoms with Gasteiger partial charge in [0.1, 0.15) is 0 Å². The van der Waals surface area contributed by atoms with E-state index >= 15 is 0 Å². The fourth-order valence-corrected chi connectivity index (χ4v) is 5.58. The van der Waals surface area contributed by atoms with E-state index in [-0.39, 0.29) is 0 Å². The van der Waals surface area contributed by atoms with Crippen LogP contribution in [0.5, 0.6) is 0 Å². The van der Waals surface area contributed by atoms with Crippen LogP contribution in [-0.4, -0.2) is 4.83 Å². The standard InChI is InChI=1S/C12H19Br/c1-7(13)12-10-3-8-2-9(5-10)6-11(12)4-8/h7-12H,2-6H2,1H3. The minimum Gasteiger partial charge on any atom is -0.0890 e.